The zero-order valence-electron chi connectivity index (χ0n) is 14.4. The summed E-state index contributed by atoms with van der Waals surface area (Å²) in [6.07, 6.45) is 4.32. The predicted octanol–water partition coefficient (Wildman–Crippen LogP) is 4.05. The molecule has 5 nitrogen and oxygen atoms in total. The second kappa shape index (κ2) is 5.04. The van der Waals surface area contributed by atoms with Crippen molar-refractivity contribution in [2.75, 3.05) is 0 Å². The average Bonchev–Trinajstić information content (AvgIpc) is 3.10. The Morgan fingerprint density at radius 1 is 1.33 bits per heavy atom. The van der Waals surface area contributed by atoms with E-state index in [2.05, 4.69) is 35.0 Å². The van der Waals surface area contributed by atoms with Gasteiger partial charge in [-0.3, -0.25) is 0 Å². The molecule has 1 aliphatic heterocycles. The van der Waals surface area contributed by atoms with Crippen LogP contribution in [0.3, 0.4) is 0 Å². The molecule has 2 fully saturated rings. The summed E-state index contributed by atoms with van der Waals surface area (Å²) in [6.45, 7) is 12.2. The van der Waals surface area contributed by atoms with Crippen LogP contribution in [0.2, 0.25) is 5.15 Å². The summed E-state index contributed by atoms with van der Waals surface area (Å²) >= 11 is 6.25. The van der Waals surface area contributed by atoms with E-state index in [-0.39, 0.29) is 23.7 Å². The van der Waals surface area contributed by atoms with Crippen molar-refractivity contribution in [1.82, 2.24) is 14.5 Å². The topological polar surface area (TPSA) is 49.2 Å². The first-order chi connectivity index (χ1) is 11.3. The predicted molar refractivity (Wildman–Crippen MR) is 93.1 cm³/mol. The zero-order valence-corrected chi connectivity index (χ0v) is 15.2. The Hall–Kier alpha value is -1.43. The molecule has 2 aliphatic rings. The minimum atomic E-state index is -0.595. The molecule has 24 heavy (non-hydrogen) atoms. The number of rotatable bonds is 2. The maximum atomic E-state index is 6.27. The monoisotopic (exact) mass is 347 g/mol. The molecule has 2 aromatic heterocycles. The zero-order chi connectivity index (χ0) is 17.3. The van der Waals surface area contributed by atoms with Crippen LogP contribution in [0.4, 0.5) is 0 Å². The molecule has 0 aromatic carbocycles. The van der Waals surface area contributed by atoms with Gasteiger partial charge in [0.1, 0.15) is 23.2 Å². The van der Waals surface area contributed by atoms with E-state index in [1.54, 1.807) is 0 Å². The van der Waals surface area contributed by atoms with Gasteiger partial charge in [-0.15, -0.1) is 6.58 Å². The first-order valence-electron chi connectivity index (χ1n) is 8.23. The molecule has 1 saturated carbocycles. The van der Waals surface area contributed by atoms with E-state index in [9.17, 15) is 0 Å². The lowest BCUT2D eigenvalue weighted by Crippen LogP contribution is -2.31. The molecule has 0 N–H and O–H groups in total. The molecule has 3 heterocycles. The number of aryl methyl sites for hydroxylation is 1. The molecule has 128 valence electrons. The molecule has 0 bridgehead atoms. The van der Waals surface area contributed by atoms with Crippen molar-refractivity contribution < 1.29 is 9.47 Å². The standard InChI is InChI=1S/C18H22ClN3O2/c1-6-18(5)8-12(13-14(18)24-17(3,4)23-13)22-10(2)7-11-15(19)20-9-21-16(11)22/h6-7,9,12-14H,1,8H2,2-5H3/t12-,13+,14+,18+/m1/s1. The Bertz CT molecular complexity index is 831. The molecule has 0 radical (unpaired) electrons. The lowest BCUT2D eigenvalue weighted by molar-refractivity contribution is -0.164. The van der Waals surface area contributed by atoms with Crippen LogP contribution in [0.1, 0.15) is 38.9 Å². The highest BCUT2D eigenvalue weighted by atomic mass is 35.5. The van der Waals surface area contributed by atoms with E-state index in [0.717, 1.165) is 23.1 Å². The molecule has 6 heteroatoms. The maximum absolute atomic E-state index is 6.27. The Morgan fingerprint density at radius 3 is 2.79 bits per heavy atom. The smallest absolute Gasteiger partial charge is 0.163 e. The van der Waals surface area contributed by atoms with E-state index in [1.807, 2.05) is 26.0 Å². The molecule has 4 rings (SSSR count). The summed E-state index contributed by atoms with van der Waals surface area (Å²) in [4.78, 5) is 8.57. The first kappa shape index (κ1) is 16.1. The van der Waals surface area contributed by atoms with E-state index >= 15 is 0 Å². The van der Waals surface area contributed by atoms with Gasteiger partial charge >= 0.3 is 0 Å². The van der Waals surface area contributed by atoms with Crippen molar-refractivity contribution in [3.63, 3.8) is 0 Å². The summed E-state index contributed by atoms with van der Waals surface area (Å²) in [7, 11) is 0. The summed E-state index contributed by atoms with van der Waals surface area (Å²) in [5.41, 5.74) is 1.79. The summed E-state index contributed by atoms with van der Waals surface area (Å²) in [5.74, 6) is -0.595. The lowest BCUT2D eigenvalue weighted by atomic mass is 9.86. The van der Waals surface area contributed by atoms with Crippen molar-refractivity contribution in [1.29, 1.82) is 0 Å². The highest BCUT2D eigenvalue weighted by molar-refractivity contribution is 6.33. The summed E-state index contributed by atoms with van der Waals surface area (Å²) < 4.78 is 14.7. The van der Waals surface area contributed by atoms with Gasteiger partial charge in [0.05, 0.1) is 17.5 Å². The third-order valence-corrected chi connectivity index (χ3v) is 5.68. The van der Waals surface area contributed by atoms with E-state index in [1.165, 1.54) is 6.33 Å². The number of aromatic nitrogens is 3. The molecule has 0 spiro atoms. The third kappa shape index (κ3) is 2.15. The van der Waals surface area contributed by atoms with E-state index in [4.69, 9.17) is 21.1 Å². The fourth-order valence-electron chi connectivity index (χ4n) is 4.25. The molecule has 2 aromatic rings. The molecule has 1 aliphatic carbocycles. The minimum absolute atomic E-state index is 0.0239. The second-order valence-electron chi connectivity index (χ2n) is 7.56. The number of hydrogen-bond donors (Lipinski definition) is 0. The van der Waals surface area contributed by atoms with Crippen LogP contribution in [-0.2, 0) is 9.47 Å². The SMILES string of the molecule is C=C[C@@]1(C)C[C@@H](n2c(C)cc3c(Cl)ncnc32)[C@@H]2OC(C)(C)O[C@@H]21. The third-order valence-electron chi connectivity index (χ3n) is 5.38. The Morgan fingerprint density at radius 2 is 2.08 bits per heavy atom. The molecule has 1 saturated heterocycles. The van der Waals surface area contributed by atoms with Gasteiger partial charge in [-0.25, -0.2) is 9.97 Å². The van der Waals surface area contributed by atoms with Gasteiger partial charge in [0.15, 0.2) is 5.79 Å². The van der Waals surface area contributed by atoms with Crippen LogP contribution >= 0.6 is 11.6 Å². The Kier molecular flexibility index (Phi) is 3.37. The fraction of sp³-hybridized carbons (Fsp3) is 0.556. The average molecular weight is 348 g/mol. The summed E-state index contributed by atoms with van der Waals surface area (Å²) in [5, 5.41) is 1.35. The molecular formula is C18H22ClN3O2. The van der Waals surface area contributed by atoms with Gasteiger partial charge in [0.2, 0.25) is 0 Å². The van der Waals surface area contributed by atoms with Gasteiger partial charge in [0.25, 0.3) is 0 Å². The minimum Gasteiger partial charge on any atom is -0.344 e. The first-order valence-corrected chi connectivity index (χ1v) is 8.61. The molecule has 0 unspecified atom stereocenters. The van der Waals surface area contributed by atoms with Crippen LogP contribution < -0.4 is 0 Å². The number of halogens is 1. The molecule has 0 amide bonds. The van der Waals surface area contributed by atoms with Crippen LogP contribution in [0.25, 0.3) is 11.0 Å². The number of nitrogens with zero attached hydrogens (tertiary/aromatic N) is 3. The largest absolute Gasteiger partial charge is 0.344 e. The van der Waals surface area contributed by atoms with Gasteiger partial charge in [-0.1, -0.05) is 24.6 Å². The van der Waals surface area contributed by atoms with Crippen molar-refractivity contribution in [2.45, 2.75) is 58.2 Å². The van der Waals surface area contributed by atoms with E-state index < -0.39 is 5.79 Å². The van der Waals surface area contributed by atoms with Crippen LogP contribution in [0.5, 0.6) is 0 Å². The van der Waals surface area contributed by atoms with Crippen molar-refractivity contribution in [3.05, 3.63) is 35.9 Å². The normalized spacial score (nSPS) is 34.6. The molecule has 4 atom stereocenters. The van der Waals surface area contributed by atoms with Crippen molar-refractivity contribution in [2.24, 2.45) is 5.41 Å². The van der Waals surface area contributed by atoms with Gasteiger partial charge in [-0.2, -0.15) is 0 Å². The highest BCUT2D eigenvalue weighted by Crippen LogP contribution is 2.54. The van der Waals surface area contributed by atoms with Crippen molar-refractivity contribution in [3.8, 4) is 0 Å². The fourth-order valence-corrected chi connectivity index (χ4v) is 4.43. The highest BCUT2D eigenvalue weighted by Gasteiger charge is 2.59. The van der Waals surface area contributed by atoms with Gasteiger partial charge in [-0.05, 0) is 33.3 Å². The summed E-state index contributed by atoms with van der Waals surface area (Å²) in [6, 6.07) is 2.15. The second-order valence-corrected chi connectivity index (χ2v) is 7.92. The van der Waals surface area contributed by atoms with Crippen LogP contribution in [-0.4, -0.2) is 32.5 Å². The quantitative estimate of drug-likeness (QED) is 0.607. The van der Waals surface area contributed by atoms with E-state index in [0.29, 0.717) is 5.15 Å². The Balaban J connectivity index is 1.87. The van der Waals surface area contributed by atoms with Crippen LogP contribution in [0.15, 0.2) is 25.0 Å². The van der Waals surface area contributed by atoms with Gasteiger partial charge < -0.3 is 14.0 Å². The van der Waals surface area contributed by atoms with Crippen molar-refractivity contribution >= 4 is 22.6 Å². The van der Waals surface area contributed by atoms with Gasteiger partial charge in [0, 0.05) is 11.1 Å². The maximum Gasteiger partial charge on any atom is 0.163 e. The van der Waals surface area contributed by atoms with Crippen LogP contribution in [0, 0.1) is 12.3 Å². The number of ether oxygens (including phenoxy) is 2. The number of fused-ring (bicyclic) bond motifs is 2. The Labute approximate surface area is 146 Å². The molecular weight excluding hydrogens is 326 g/mol. The number of hydrogen-bond acceptors (Lipinski definition) is 4. The lowest BCUT2D eigenvalue weighted by Gasteiger charge is -2.29.